The molecule has 0 aliphatic carbocycles. The molecule has 0 saturated carbocycles. The van der Waals surface area contributed by atoms with Crippen molar-refractivity contribution in [1.29, 1.82) is 0 Å². The van der Waals surface area contributed by atoms with E-state index in [1.807, 2.05) is 24.3 Å². The summed E-state index contributed by atoms with van der Waals surface area (Å²) in [4.78, 5) is 12.6. The van der Waals surface area contributed by atoms with Crippen molar-refractivity contribution in [3.8, 4) is 11.5 Å². The molecule has 0 radical (unpaired) electrons. The van der Waals surface area contributed by atoms with Crippen LogP contribution in [0.25, 0.3) is 0 Å². The lowest BCUT2D eigenvalue weighted by Crippen LogP contribution is -2.51. The molecule has 162 valence electrons. The first-order chi connectivity index (χ1) is 14.3. The Morgan fingerprint density at radius 3 is 2.63 bits per heavy atom. The van der Waals surface area contributed by atoms with Crippen molar-refractivity contribution in [3.63, 3.8) is 0 Å². The third-order valence-electron chi connectivity index (χ3n) is 4.93. The monoisotopic (exact) mass is 432 g/mol. The number of benzene rings is 2. The molecule has 1 heterocycles. The highest BCUT2D eigenvalue weighted by atomic mass is 32.2. The van der Waals surface area contributed by atoms with Crippen molar-refractivity contribution < 1.29 is 22.7 Å². The summed E-state index contributed by atoms with van der Waals surface area (Å²) in [5.41, 5.74) is 1.56. The van der Waals surface area contributed by atoms with Crippen molar-refractivity contribution in [2.24, 2.45) is 0 Å². The van der Waals surface area contributed by atoms with Gasteiger partial charge in [-0.2, -0.15) is 0 Å². The minimum Gasteiger partial charge on any atom is -0.491 e. The van der Waals surface area contributed by atoms with Crippen molar-refractivity contribution in [2.75, 3.05) is 29.8 Å². The van der Waals surface area contributed by atoms with Gasteiger partial charge in [0, 0.05) is 0 Å². The van der Waals surface area contributed by atoms with Gasteiger partial charge in [-0.25, -0.2) is 8.42 Å². The quantitative estimate of drug-likeness (QED) is 0.649. The summed E-state index contributed by atoms with van der Waals surface area (Å²) in [7, 11) is -3.53. The number of nitrogens with one attached hydrogen (secondary N) is 1. The standard InChI is InChI=1S/C22H28N2O5S/c1-4-30(26,27)24-15-21(29-20-12-8-6-10-18(20)24)22(25)23-13-14-28-19-11-7-5-9-17(19)16(2)3/h5-12,16,21H,4,13-15H2,1-3H3,(H,23,25). The number of hydrogen-bond acceptors (Lipinski definition) is 5. The van der Waals surface area contributed by atoms with Gasteiger partial charge >= 0.3 is 0 Å². The minimum atomic E-state index is -3.53. The number of amides is 1. The third-order valence-corrected chi connectivity index (χ3v) is 6.67. The first-order valence-electron chi connectivity index (χ1n) is 10.1. The number of hydrogen-bond donors (Lipinski definition) is 1. The third kappa shape index (κ3) is 4.87. The molecule has 0 bridgehead atoms. The number of anilines is 1. The van der Waals surface area contributed by atoms with Crippen LogP contribution in [0.1, 0.15) is 32.3 Å². The maximum Gasteiger partial charge on any atom is 0.263 e. The van der Waals surface area contributed by atoms with Gasteiger partial charge in [0.25, 0.3) is 5.91 Å². The van der Waals surface area contributed by atoms with E-state index >= 15 is 0 Å². The normalized spacial score (nSPS) is 16.0. The Bertz CT molecular complexity index is 991. The van der Waals surface area contributed by atoms with Gasteiger partial charge in [-0.3, -0.25) is 9.10 Å². The fourth-order valence-electron chi connectivity index (χ4n) is 3.30. The van der Waals surface area contributed by atoms with E-state index in [0.717, 1.165) is 11.3 Å². The first-order valence-corrected chi connectivity index (χ1v) is 11.7. The number of nitrogens with zero attached hydrogens (tertiary/aromatic N) is 1. The molecular weight excluding hydrogens is 404 g/mol. The van der Waals surface area contributed by atoms with Gasteiger partial charge in [0.2, 0.25) is 10.0 Å². The molecular formula is C22H28N2O5S. The highest BCUT2D eigenvalue weighted by Gasteiger charge is 2.35. The molecule has 7 nitrogen and oxygen atoms in total. The van der Waals surface area contributed by atoms with E-state index in [-0.39, 0.29) is 24.7 Å². The van der Waals surface area contributed by atoms with Crippen LogP contribution in [0.2, 0.25) is 0 Å². The Hall–Kier alpha value is -2.74. The van der Waals surface area contributed by atoms with Crippen LogP contribution in [-0.4, -0.2) is 45.9 Å². The molecule has 3 rings (SSSR count). The molecule has 8 heteroatoms. The number of sulfonamides is 1. The SMILES string of the molecule is CCS(=O)(=O)N1CC(C(=O)NCCOc2ccccc2C(C)C)Oc2ccccc21. The molecule has 0 aromatic heterocycles. The largest absolute Gasteiger partial charge is 0.491 e. The molecule has 1 aliphatic heterocycles. The molecule has 0 fully saturated rings. The lowest BCUT2D eigenvalue weighted by molar-refractivity contribution is -0.127. The number of para-hydroxylation sites is 3. The van der Waals surface area contributed by atoms with Crippen LogP contribution in [0.3, 0.4) is 0 Å². The molecule has 1 unspecified atom stereocenters. The lowest BCUT2D eigenvalue weighted by atomic mass is 10.0. The van der Waals surface area contributed by atoms with Gasteiger partial charge in [-0.1, -0.05) is 44.2 Å². The second-order valence-electron chi connectivity index (χ2n) is 7.34. The Balaban J connectivity index is 1.61. The molecule has 1 N–H and O–H groups in total. The number of carbonyl (C=O) groups is 1. The molecule has 2 aromatic carbocycles. The summed E-state index contributed by atoms with van der Waals surface area (Å²) in [6.45, 7) is 6.30. The second kappa shape index (κ2) is 9.38. The highest BCUT2D eigenvalue weighted by Crippen LogP contribution is 2.35. The van der Waals surface area contributed by atoms with E-state index in [1.165, 1.54) is 4.31 Å². The number of carbonyl (C=O) groups excluding carboxylic acids is 1. The van der Waals surface area contributed by atoms with E-state index < -0.39 is 16.1 Å². The number of ether oxygens (including phenoxy) is 2. The average molecular weight is 433 g/mol. The summed E-state index contributed by atoms with van der Waals surface area (Å²) >= 11 is 0. The molecule has 30 heavy (non-hydrogen) atoms. The summed E-state index contributed by atoms with van der Waals surface area (Å²) in [5, 5.41) is 2.78. The fourth-order valence-corrected chi connectivity index (χ4v) is 4.42. The van der Waals surface area contributed by atoms with Gasteiger partial charge in [-0.05, 0) is 36.6 Å². The van der Waals surface area contributed by atoms with E-state index in [4.69, 9.17) is 9.47 Å². The van der Waals surface area contributed by atoms with Gasteiger partial charge in [0.1, 0.15) is 18.1 Å². The second-order valence-corrected chi connectivity index (χ2v) is 9.52. The van der Waals surface area contributed by atoms with E-state index in [9.17, 15) is 13.2 Å². The zero-order valence-corrected chi connectivity index (χ0v) is 18.3. The van der Waals surface area contributed by atoms with E-state index in [1.54, 1.807) is 31.2 Å². The molecule has 2 aromatic rings. The molecule has 0 saturated heterocycles. The van der Waals surface area contributed by atoms with Crippen LogP contribution in [0.5, 0.6) is 11.5 Å². The molecule has 1 amide bonds. The summed E-state index contributed by atoms with van der Waals surface area (Å²) in [6, 6.07) is 14.6. The summed E-state index contributed by atoms with van der Waals surface area (Å²) in [5.74, 6) is 1.08. The van der Waals surface area contributed by atoms with Gasteiger partial charge < -0.3 is 14.8 Å². The highest BCUT2D eigenvalue weighted by molar-refractivity contribution is 7.92. The van der Waals surface area contributed by atoms with E-state index in [0.29, 0.717) is 24.0 Å². The fraction of sp³-hybridized carbons (Fsp3) is 0.409. The van der Waals surface area contributed by atoms with Gasteiger partial charge in [-0.15, -0.1) is 0 Å². The molecule has 1 aliphatic rings. The maximum absolute atomic E-state index is 12.6. The van der Waals surface area contributed by atoms with Crippen molar-refractivity contribution in [2.45, 2.75) is 32.8 Å². The topological polar surface area (TPSA) is 84.9 Å². The first kappa shape index (κ1) is 22.0. The average Bonchev–Trinajstić information content (AvgIpc) is 2.75. The van der Waals surface area contributed by atoms with Crippen molar-refractivity contribution in [3.05, 3.63) is 54.1 Å². The zero-order chi connectivity index (χ0) is 21.7. The predicted molar refractivity (Wildman–Crippen MR) is 117 cm³/mol. The van der Waals surface area contributed by atoms with Crippen LogP contribution in [0.15, 0.2) is 48.5 Å². The van der Waals surface area contributed by atoms with Crippen LogP contribution < -0.4 is 19.1 Å². The number of rotatable bonds is 8. The lowest BCUT2D eigenvalue weighted by Gasteiger charge is -2.34. The van der Waals surface area contributed by atoms with Gasteiger partial charge in [0.15, 0.2) is 6.10 Å². The van der Waals surface area contributed by atoms with Crippen LogP contribution in [0, 0.1) is 0 Å². The van der Waals surface area contributed by atoms with Crippen molar-refractivity contribution in [1.82, 2.24) is 5.32 Å². The van der Waals surface area contributed by atoms with Crippen LogP contribution in [0.4, 0.5) is 5.69 Å². The summed E-state index contributed by atoms with van der Waals surface area (Å²) in [6.07, 6.45) is -0.927. The predicted octanol–water partition coefficient (Wildman–Crippen LogP) is 2.92. The van der Waals surface area contributed by atoms with E-state index in [2.05, 4.69) is 19.2 Å². The van der Waals surface area contributed by atoms with Crippen molar-refractivity contribution >= 4 is 21.6 Å². The summed E-state index contributed by atoms with van der Waals surface area (Å²) < 4.78 is 37.9. The Labute approximate surface area is 178 Å². The Morgan fingerprint density at radius 2 is 1.90 bits per heavy atom. The van der Waals surface area contributed by atoms with Gasteiger partial charge in [0.05, 0.1) is 24.5 Å². The molecule has 0 spiro atoms. The maximum atomic E-state index is 12.6. The smallest absolute Gasteiger partial charge is 0.263 e. The Kier molecular flexibility index (Phi) is 6.87. The Morgan fingerprint density at radius 1 is 1.20 bits per heavy atom. The molecule has 1 atom stereocenters. The minimum absolute atomic E-state index is 0.0568. The zero-order valence-electron chi connectivity index (χ0n) is 17.5. The van der Waals surface area contributed by atoms with Crippen LogP contribution in [-0.2, 0) is 14.8 Å². The van der Waals surface area contributed by atoms with Crippen LogP contribution >= 0.6 is 0 Å². The number of fused-ring (bicyclic) bond motifs is 1.